The lowest BCUT2D eigenvalue weighted by atomic mass is 10.1. The van der Waals surface area contributed by atoms with Gasteiger partial charge in [-0.15, -0.1) is 0 Å². The van der Waals surface area contributed by atoms with Crippen LogP contribution in [0.1, 0.15) is 12.0 Å². The number of hydrogen-bond acceptors (Lipinski definition) is 5. The summed E-state index contributed by atoms with van der Waals surface area (Å²) in [6.45, 7) is 0.132. The highest BCUT2D eigenvalue weighted by molar-refractivity contribution is 9.10. The molecule has 9 heteroatoms. The SMILES string of the molecule is COc1ccc(CCN(C(=O)/C=C\C(=O)O)[C@@H]2CC(=O)N(c3ccc(Br)cc3)C2=O)cc1. The second-order valence-corrected chi connectivity index (χ2v) is 7.98. The van der Waals surface area contributed by atoms with Crippen molar-refractivity contribution >= 4 is 45.3 Å². The maximum absolute atomic E-state index is 13.1. The average molecular weight is 501 g/mol. The predicted molar refractivity (Wildman–Crippen MR) is 120 cm³/mol. The van der Waals surface area contributed by atoms with Crippen LogP contribution in [-0.4, -0.2) is 53.4 Å². The lowest BCUT2D eigenvalue weighted by Crippen LogP contribution is -2.45. The van der Waals surface area contributed by atoms with Gasteiger partial charge in [0.05, 0.1) is 19.2 Å². The summed E-state index contributed by atoms with van der Waals surface area (Å²) >= 11 is 3.31. The summed E-state index contributed by atoms with van der Waals surface area (Å²) in [5.74, 6) is -2.19. The van der Waals surface area contributed by atoms with Crippen LogP contribution in [0.4, 0.5) is 5.69 Å². The smallest absolute Gasteiger partial charge is 0.328 e. The molecule has 1 fully saturated rings. The van der Waals surface area contributed by atoms with E-state index in [1.54, 1.807) is 43.5 Å². The first-order chi connectivity index (χ1) is 15.3. The third-order valence-corrected chi connectivity index (χ3v) is 5.56. The van der Waals surface area contributed by atoms with Crippen molar-refractivity contribution in [3.05, 3.63) is 70.7 Å². The van der Waals surface area contributed by atoms with E-state index in [-0.39, 0.29) is 13.0 Å². The van der Waals surface area contributed by atoms with E-state index in [4.69, 9.17) is 9.84 Å². The number of amides is 3. The summed E-state index contributed by atoms with van der Waals surface area (Å²) in [5, 5.41) is 8.87. The molecular weight excluding hydrogens is 480 g/mol. The summed E-state index contributed by atoms with van der Waals surface area (Å²) in [6, 6.07) is 12.9. The maximum atomic E-state index is 13.1. The summed E-state index contributed by atoms with van der Waals surface area (Å²) in [6.07, 6.45) is 1.85. The Bertz CT molecular complexity index is 1050. The molecule has 0 radical (unpaired) electrons. The lowest BCUT2D eigenvalue weighted by Gasteiger charge is -2.26. The second kappa shape index (κ2) is 10.2. The molecule has 0 saturated carbocycles. The van der Waals surface area contributed by atoms with E-state index in [0.29, 0.717) is 17.9 Å². The van der Waals surface area contributed by atoms with Crippen LogP contribution in [0.3, 0.4) is 0 Å². The Kier molecular flexibility index (Phi) is 7.42. The van der Waals surface area contributed by atoms with Crippen LogP contribution in [0, 0.1) is 0 Å². The number of carbonyl (C=O) groups excluding carboxylic acids is 3. The Hall–Kier alpha value is -3.46. The molecule has 2 aromatic rings. The van der Waals surface area contributed by atoms with Crippen molar-refractivity contribution in [3.8, 4) is 5.75 Å². The number of aliphatic carboxylic acids is 1. The second-order valence-electron chi connectivity index (χ2n) is 7.07. The number of carbonyl (C=O) groups is 4. The fourth-order valence-corrected chi connectivity index (χ4v) is 3.68. The highest BCUT2D eigenvalue weighted by atomic mass is 79.9. The zero-order valence-corrected chi connectivity index (χ0v) is 18.8. The zero-order valence-electron chi connectivity index (χ0n) is 17.2. The molecule has 1 aliphatic heterocycles. The molecule has 2 aromatic carbocycles. The number of benzene rings is 2. The third kappa shape index (κ3) is 5.42. The molecule has 3 amide bonds. The summed E-state index contributed by atoms with van der Waals surface area (Å²) in [7, 11) is 1.56. The van der Waals surface area contributed by atoms with Crippen molar-refractivity contribution < 1.29 is 29.0 Å². The first-order valence-corrected chi connectivity index (χ1v) is 10.6. The Morgan fingerprint density at radius 2 is 1.78 bits per heavy atom. The standard InChI is InChI=1S/C23H21BrN2O6/c1-32-18-8-2-15(3-9-18)12-13-25(20(27)10-11-22(29)30)19-14-21(28)26(23(19)31)17-6-4-16(24)5-7-17/h2-11,19H,12-14H2,1H3,(H,29,30)/b11-10-/t19-/m1/s1. The van der Waals surface area contributed by atoms with Gasteiger partial charge in [0, 0.05) is 23.2 Å². The van der Waals surface area contributed by atoms with Crippen LogP contribution < -0.4 is 9.64 Å². The lowest BCUT2D eigenvalue weighted by molar-refractivity contribution is -0.135. The minimum Gasteiger partial charge on any atom is -0.497 e. The van der Waals surface area contributed by atoms with Crippen LogP contribution in [0.25, 0.3) is 0 Å². The summed E-state index contributed by atoms with van der Waals surface area (Å²) in [5.41, 5.74) is 1.31. The number of rotatable bonds is 8. The minimum atomic E-state index is -1.28. The van der Waals surface area contributed by atoms with Crippen LogP contribution in [-0.2, 0) is 25.6 Å². The molecule has 0 spiro atoms. The van der Waals surface area contributed by atoms with Gasteiger partial charge in [-0.1, -0.05) is 28.1 Å². The van der Waals surface area contributed by atoms with E-state index < -0.39 is 29.7 Å². The van der Waals surface area contributed by atoms with Gasteiger partial charge in [-0.25, -0.2) is 9.69 Å². The van der Waals surface area contributed by atoms with Crippen molar-refractivity contribution in [2.24, 2.45) is 0 Å². The van der Waals surface area contributed by atoms with Gasteiger partial charge in [0.1, 0.15) is 11.8 Å². The van der Waals surface area contributed by atoms with Gasteiger partial charge >= 0.3 is 5.97 Å². The Morgan fingerprint density at radius 1 is 1.12 bits per heavy atom. The Morgan fingerprint density at radius 3 is 2.38 bits per heavy atom. The molecule has 32 heavy (non-hydrogen) atoms. The van der Waals surface area contributed by atoms with Crippen LogP contribution in [0.15, 0.2) is 65.2 Å². The molecule has 0 unspecified atom stereocenters. The fraction of sp³-hybridized carbons (Fsp3) is 0.217. The summed E-state index contributed by atoms with van der Waals surface area (Å²) in [4.78, 5) is 51.7. The molecule has 8 nitrogen and oxygen atoms in total. The number of anilines is 1. The summed E-state index contributed by atoms with van der Waals surface area (Å²) < 4.78 is 5.93. The number of ether oxygens (including phenoxy) is 1. The van der Waals surface area contributed by atoms with Gasteiger partial charge in [-0.3, -0.25) is 14.4 Å². The Balaban J connectivity index is 1.83. The molecule has 166 valence electrons. The highest BCUT2D eigenvalue weighted by Gasteiger charge is 2.43. The first kappa shape index (κ1) is 23.2. The molecule has 1 aliphatic rings. The largest absolute Gasteiger partial charge is 0.497 e. The van der Waals surface area contributed by atoms with Gasteiger partial charge in [0.15, 0.2) is 0 Å². The Labute approximate surface area is 193 Å². The molecule has 1 saturated heterocycles. The van der Waals surface area contributed by atoms with Gasteiger partial charge in [-0.05, 0) is 48.4 Å². The number of hydrogen-bond donors (Lipinski definition) is 1. The molecule has 1 N–H and O–H groups in total. The van der Waals surface area contributed by atoms with E-state index in [2.05, 4.69) is 15.9 Å². The number of imide groups is 1. The number of carboxylic acid groups (broad SMARTS) is 1. The van der Waals surface area contributed by atoms with Crippen LogP contribution >= 0.6 is 15.9 Å². The quantitative estimate of drug-likeness (QED) is 0.441. The number of methoxy groups -OCH3 is 1. The number of carboxylic acids is 1. The molecule has 0 aliphatic carbocycles. The monoisotopic (exact) mass is 500 g/mol. The van der Waals surface area contributed by atoms with Gasteiger partial charge in [-0.2, -0.15) is 0 Å². The van der Waals surface area contributed by atoms with Crippen molar-refractivity contribution in [1.29, 1.82) is 0 Å². The van der Waals surface area contributed by atoms with E-state index in [1.165, 1.54) is 4.90 Å². The van der Waals surface area contributed by atoms with E-state index >= 15 is 0 Å². The van der Waals surface area contributed by atoms with Crippen LogP contribution in [0.5, 0.6) is 5.75 Å². The normalized spacial score (nSPS) is 15.9. The van der Waals surface area contributed by atoms with Crippen molar-refractivity contribution in [2.75, 3.05) is 18.6 Å². The van der Waals surface area contributed by atoms with E-state index in [9.17, 15) is 19.2 Å². The zero-order chi connectivity index (χ0) is 23.3. The molecule has 1 atom stereocenters. The van der Waals surface area contributed by atoms with Gasteiger partial charge < -0.3 is 14.7 Å². The van der Waals surface area contributed by atoms with Crippen molar-refractivity contribution in [1.82, 2.24) is 4.90 Å². The first-order valence-electron chi connectivity index (χ1n) is 9.77. The minimum absolute atomic E-state index is 0.132. The molecule has 3 rings (SSSR count). The number of halogens is 1. The molecule has 0 aromatic heterocycles. The fourth-order valence-electron chi connectivity index (χ4n) is 3.42. The van der Waals surface area contributed by atoms with Crippen LogP contribution in [0.2, 0.25) is 0 Å². The predicted octanol–water partition coefficient (Wildman–Crippen LogP) is 2.80. The van der Waals surface area contributed by atoms with Crippen molar-refractivity contribution in [3.63, 3.8) is 0 Å². The topological polar surface area (TPSA) is 104 Å². The average Bonchev–Trinajstić information content (AvgIpc) is 3.07. The highest BCUT2D eigenvalue weighted by Crippen LogP contribution is 2.27. The van der Waals surface area contributed by atoms with E-state index in [1.807, 2.05) is 12.1 Å². The van der Waals surface area contributed by atoms with Crippen molar-refractivity contribution in [2.45, 2.75) is 18.9 Å². The molecule has 1 heterocycles. The molecule has 0 bridgehead atoms. The molecular formula is C23H21BrN2O6. The van der Waals surface area contributed by atoms with Gasteiger partial charge in [0.25, 0.3) is 5.91 Å². The van der Waals surface area contributed by atoms with E-state index in [0.717, 1.165) is 27.1 Å². The van der Waals surface area contributed by atoms with Gasteiger partial charge in [0.2, 0.25) is 11.8 Å². The third-order valence-electron chi connectivity index (χ3n) is 5.04. The number of nitrogens with zero attached hydrogens (tertiary/aromatic N) is 2. The maximum Gasteiger partial charge on any atom is 0.328 e.